The van der Waals surface area contributed by atoms with E-state index >= 15 is 0 Å². The molecule has 2 rings (SSSR count). The van der Waals surface area contributed by atoms with E-state index in [1.54, 1.807) is 0 Å². The third-order valence-electron chi connectivity index (χ3n) is 2.15. The van der Waals surface area contributed by atoms with E-state index in [0.29, 0.717) is 5.52 Å². The molecule has 16 heavy (non-hydrogen) atoms. The van der Waals surface area contributed by atoms with Crippen LogP contribution in [-0.4, -0.2) is 26.7 Å². The zero-order valence-corrected chi connectivity index (χ0v) is 8.07. The summed E-state index contributed by atoms with van der Waals surface area (Å²) in [6, 6.07) is 3.21. The molecule has 1 N–H and O–H groups in total. The standard InChI is InChI=1S/C9H8F3N3O/c10-9(11,12)6-1-2-8-7(5-6)13-14-15(8)3-4-16/h1-2,5,16H,3-4H2. The maximum Gasteiger partial charge on any atom is 0.416 e. The SMILES string of the molecule is OCCn1nnc2cc(C(F)(F)F)ccc21. The Morgan fingerprint density at radius 1 is 1.31 bits per heavy atom. The minimum atomic E-state index is -4.38. The van der Waals surface area contributed by atoms with Crippen LogP contribution in [0, 0.1) is 0 Å². The van der Waals surface area contributed by atoms with Gasteiger partial charge in [0.2, 0.25) is 0 Å². The molecule has 0 spiro atoms. The van der Waals surface area contributed by atoms with Crippen LogP contribution in [-0.2, 0) is 12.7 Å². The molecule has 0 aliphatic carbocycles. The lowest BCUT2D eigenvalue weighted by Gasteiger charge is -2.05. The Morgan fingerprint density at radius 2 is 2.06 bits per heavy atom. The summed E-state index contributed by atoms with van der Waals surface area (Å²) >= 11 is 0. The summed E-state index contributed by atoms with van der Waals surface area (Å²) in [6.45, 7) is 0.0708. The van der Waals surface area contributed by atoms with Crippen LogP contribution in [0.2, 0.25) is 0 Å². The summed E-state index contributed by atoms with van der Waals surface area (Å²) in [4.78, 5) is 0. The molecule has 0 radical (unpaired) electrons. The summed E-state index contributed by atoms with van der Waals surface area (Å²) in [6.07, 6.45) is -4.38. The fraction of sp³-hybridized carbons (Fsp3) is 0.333. The number of aliphatic hydroxyl groups excluding tert-OH is 1. The number of fused-ring (bicyclic) bond motifs is 1. The van der Waals surface area contributed by atoms with E-state index in [9.17, 15) is 13.2 Å². The lowest BCUT2D eigenvalue weighted by Crippen LogP contribution is -2.05. The van der Waals surface area contributed by atoms with E-state index in [4.69, 9.17) is 5.11 Å². The van der Waals surface area contributed by atoms with E-state index in [-0.39, 0.29) is 18.7 Å². The molecule has 1 aromatic heterocycles. The first kappa shape index (κ1) is 10.9. The molecule has 0 saturated carbocycles. The Balaban J connectivity index is 2.49. The van der Waals surface area contributed by atoms with Crippen molar-refractivity contribution in [2.24, 2.45) is 0 Å². The van der Waals surface area contributed by atoms with Crippen molar-refractivity contribution in [2.75, 3.05) is 6.61 Å². The molecule has 1 heterocycles. The molecule has 1 aromatic carbocycles. The van der Waals surface area contributed by atoms with Gasteiger partial charge in [-0.05, 0) is 18.2 Å². The zero-order valence-electron chi connectivity index (χ0n) is 8.07. The van der Waals surface area contributed by atoms with Gasteiger partial charge in [-0.25, -0.2) is 4.68 Å². The van der Waals surface area contributed by atoms with E-state index in [1.807, 2.05) is 0 Å². The third-order valence-corrected chi connectivity index (χ3v) is 2.15. The van der Waals surface area contributed by atoms with Gasteiger partial charge in [-0.2, -0.15) is 13.2 Å². The fourth-order valence-electron chi connectivity index (χ4n) is 1.41. The van der Waals surface area contributed by atoms with Gasteiger partial charge in [-0.15, -0.1) is 5.10 Å². The topological polar surface area (TPSA) is 50.9 Å². The van der Waals surface area contributed by atoms with Gasteiger partial charge in [0, 0.05) is 0 Å². The van der Waals surface area contributed by atoms with Gasteiger partial charge in [0.15, 0.2) is 0 Å². The van der Waals surface area contributed by atoms with Gasteiger partial charge in [0.1, 0.15) is 5.52 Å². The van der Waals surface area contributed by atoms with Crippen molar-refractivity contribution in [1.29, 1.82) is 0 Å². The predicted octanol–water partition coefficient (Wildman–Crippen LogP) is 1.44. The number of aromatic nitrogens is 3. The zero-order chi connectivity index (χ0) is 11.8. The summed E-state index contributed by atoms with van der Waals surface area (Å²) in [5.41, 5.74) is -0.110. The number of alkyl halides is 3. The van der Waals surface area contributed by atoms with Crippen molar-refractivity contribution in [3.63, 3.8) is 0 Å². The highest BCUT2D eigenvalue weighted by Crippen LogP contribution is 2.30. The first-order valence-corrected chi connectivity index (χ1v) is 4.53. The first-order valence-electron chi connectivity index (χ1n) is 4.53. The quantitative estimate of drug-likeness (QED) is 0.850. The van der Waals surface area contributed by atoms with E-state index in [0.717, 1.165) is 12.1 Å². The highest BCUT2D eigenvalue weighted by atomic mass is 19.4. The summed E-state index contributed by atoms with van der Waals surface area (Å²) in [5.74, 6) is 0. The molecule has 2 aromatic rings. The molecule has 86 valence electrons. The monoisotopic (exact) mass is 231 g/mol. The average Bonchev–Trinajstić information content (AvgIpc) is 2.60. The molecule has 0 amide bonds. The fourth-order valence-corrected chi connectivity index (χ4v) is 1.41. The highest BCUT2D eigenvalue weighted by molar-refractivity contribution is 5.75. The average molecular weight is 231 g/mol. The van der Waals surface area contributed by atoms with Crippen LogP contribution in [0.5, 0.6) is 0 Å². The molecule has 0 aliphatic rings. The maximum absolute atomic E-state index is 12.4. The number of hydrogen-bond acceptors (Lipinski definition) is 3. The van der Waals surface area contributed by atoms with Crippen molar-refractivity contribution < 1.29 is 18.3 Å². The van der Waals surface area contributed by atoms with E-state index in [1.165, 1.54) is 10.7 Å². The van der Waals surface area contributed by atoms with Crippen molar-refractivity contribution >= 4 is 11.0 Å². The minimum Gasteiger partial charge on any atom is -0.394 e. The lowest BCUT2D eigenvalue weighted by molar-refractivity contribution is -0.137. The van der Waals surface area contributed by atoms with Gasteiger partial charge in [-0.3, -0.25) is 0 Å². The van der Waals surface area contributed by atoms with Gasteiger partial charge in [0.25, 0.3) is 0 Å². The molecule has 7 heteroatoms. The molecule has 0 bridgehead atoms. The minimum absolute atomic E-state index is 0.139. The third kappa shape index (κ3) is 1.85. The van der Waals surface area contributed by atoms with Gasteiger partial charge in [0.05, 0.1) is 24.2 Å². The Labute approximate surface area is 88.3 Å². The molecule has 0 atom stereocenters. The Kier molecular flexibility index (Phi) is 2.55. The van der Waals surface area contributed by atoms with E-state index in [2.05, 4.69) is 10.3 Å². The second kappa shape index (κ2) is 3.75. The number of benzene rings is 1. The van der Waals surface area contributed by atoms with Gasteiger partial charge in [-0.1, -0.05) is 5.21 Å². The van der Waals surface area contributed by atoms with Gasteiger partial charge < -0.3 is 5.11 Å². The van der Waals surface area contributed by atoms with Crippen LogP contribution in [0.15, 0.2) is 18.2 Å². The normalized spacial score (nSPS) is 12.2. The summed E-state index contributed by atoms with van der Waals surface area (Å²) in [5, 5.41) is 16.0. The molecule has 0 unspecified atom stereocenters. The Morgan fingerprint density at radius 3 is 2.69 bits per heavy atom. The number of halogens is 3. The van der Waals surface area contributed by atoms with Crippen LogP contribution in [0.1, 0.15) is 5.56 Å². The molecule has 0 saturated heterocycles. The first-order chi connectivity index (χ1) is 7.52. The number of aliphatic hydroxyl groups is 1. The summed E-state index contributed by atoms with van der Waals surface area (Å²) in [7, 11) is 0. The van der Waals surface area contributed by atoms with Crippen LogP contribution in [0.4, 0.5) is 13.2 Å². The number of nitrogens with zero attached hydrogens (tertiary/aromatic N) is 3. The van der Waals surface area contributed by atoms with Crippen molar-refractivity contribution in [1.82, 2.24) is 15.0 Å². The number of rotatable bonds is 2. The Hall–Kier alpha value is -1.63. The molecule has 0 fully saturated rings. The Bertz CT molecular complexity index is 506. The van der Waals surface area contributed by atoms with Crippen LogP contribution < -0.4 is 0 Å². The van der Waals surface area contributed by atoms with Crippen LogP contribution >= 0.6 is 0 Å². The molecular weight excluding hydrogens is 223 g/mol. The van der Waals surface area contributed by atoms with Gasteiger partial charge >= 0.3 is 6.18 Å². The second-order valence-corrected chi connectivity index (χ2v) is 3.24. The molecule has 0 aliphatic heterocycles. The largest absolute Gasteiger partial charge is 0.416 e. The molecule has 4 nitrogen and oxygen atoms in total. The van der Waals surface area contributed by atoms with Crippen LogP contribution in [0.3, 0.4) is 0 Å². The smallest absolute Gasteiger partial charge is 0.394 e. The maximum atomic E-state index is 12.4. The van der Waals surface area contributed by atoms with Crippen molar-refractivity contribution in [3.05, 3.63) is 23.8 Å². The van der Waals surface area contributed by atoms with Crippen molar-refractivity contribution in [2.45, 2.75) is 12.7 Å². The predicted molar refractivity (Wildman–Crippen MR) is 49.6 cm³/mol. The highest BCUT2D eigenvalue weighted by Gasteiger charge is 2.30. The van der Waals surface area contributed by atoms with Crippen LogP contribution in [0.25, 0.3) is 11.0 Å². The molecular formula is C9H8F3N3O. The summed E-state index contributed by atoms with van der Waals surface area (Å²) < 4.78 is 38.5. The number of hydrogen-bond donors (Lipinski definition) is 1. The van der Waals surface area contributed by atoms with E-state index < -0.39 is 11.7 Å². The second-order valence-electron chi connectivity index (χ2n) is 3.24. The van der Waals surface area contributed by atoms with Crippen molar-refractivity contribution in [3.8, 4) is 0 Å². The lowest BCUT2D eigenvalue weighted by atomic mass is 10.2.